The number of para-hydroxylation sites is 1. The third-order valence-electron chi connectivity index (χ3n) is 2.60. The van der Waals surface area contributed by atoms with Crippen molar-refractivity contribution in [1.82, 2.24) is 4.90 Å². The molecule has 0 aliphatic carbocycles. The van der Waals surface area contributed by atoms with Crippen molar-refractivity contribution >= 4 is 5.91 Å². The van der Waals surface area contributed by atoms with Crippen LogP contribution >= 0.6 is 0 Å². The van der Waals surface area contributed by atoms with Gasteiger partial charge in [-0.3, -0.25) is 4.79 Å². The normalized spacial score (nSPS) is 19.4. The van der Waals surface area contributed by atoms with Gasteiger partial charge in [-0.1, -0.05) is 18.2 Å². The fraction of sp³-hybridized carbons (Fsp3) is 0.417. The Kier molecular flexibility index (Phi) is 3.95. The van der Waals surface area contributed by atoms with E-state index in [-0.39, 0.29) is 12.5 Å². The van der Waals surface area contributed by atoms with Crippen LogP contribution in [0.5, 0.6) is 5.75 Å². The van der Waals surface area contributed by atoms with E-state index in [2.05, 4.69) is 0 Å². The quantitative estimate of drug-likeness (QED) is 0.615. The summed E-state index contributed by atoms with van der Waals surface area (Å²) in [5.74, 6) is 0.388. The number of amides is 1. The maximum Gasteiger partial charge on any atom is 0.253 e. The fourth-order valence-electron chi connectivity index (χ4n) is 1.68. The number of β-amino-alcohol motifs (C(OH)–C–C–N with tert-alkyl or cyclic N) is 1. The van der Waals surface area contributed by atoms with Gasteiger partial charge in [-0.25, -0.2) is 0 Å². The smallest absolute Gasteiger partial charge is 0.253 e. The zero-order valence-corrected chi connectivity index (χ0v) is 9.41. The van der Waals surface area contributed by atoms with Crippen molar-refractivity contribution in [2.75, 3.05) is 19.7 Å². The average molecular weight is 237 g/mol. The maximum absolute atomic E-state index is 11.6. The van der Waals surface area contributed by atoms with Gasteiger partial charge >= 0.3 is 0 Å². The highest BCUT2D eigenvalue weighted by atomic mass is 17.2. The highest BCUT2D eigenvalue weighted by Crippen LogP contribution is 2.10. The van der Waals surface area contributed by atoms with Gasteiger partial charge in [-0.2, -0.15) is 4.89 Å². The number of carbonyl (C=O) groups excluding carboxylic acids is 1. The van der Waals surface area contributed by atoms with Gasteiger partial charge in [0.25, 0.3) is 5.91 Å². The summed E-state index contributed by atoms with van der Waals surface area (Å²) in [5.41, 5.74) is 0. The van der Waals surface area contributed by atoms with Crippen LogP contribution in [-0.4, -0.2) is 41.7 Å². The van der Waals surface area contributed by atoms with Crippen molar-refractivity contribution in [3.63, 3.8) is 0 Å². The van der Waals surface area contributed by atoms with Gasteiger partial charge in [0.1, 0.15) is 0 Å². The van der Waals surface area contributed by atoms with Gasteiger partial charge in [-0.15, -0.1) is 0 Å². The van der Waals surface area contributed by atoms with E-state index in [9.17, 15) is 9.90 Å². The molecule has 2 rings (SSSR count). The SMILES string of the molecule is O=C(COOc1ccccc1)N1CCC(O)C1. The minimum absolute atomic E-state index is 0.137. The Morgan fingerprint density at radius 3 is 2.82 bits per heavy atom. The van der Waals surface area contributed by atoms with E-state index in [0.29, 0.717) is 25.3 Å². The summed E-state index contributed by atoms with van der Waals surface area (Å²) >= 11 is 0. The van der Waals surface area contributed by atoms with Crippen LogP contribution < -0.4 is 4.89 Å². The molecule has 0 spiro atoms. The molecule has 0 aromatic heterocycles. The Morgan fingerprint density at radius 2 is 2.18 bits per heavy atom. The number of carbonyl (C=O) groups is 1. The van der Waals surface area contributed by atoms with Crippen molar-refractivity contribution in [3.8, 4) is 5.75 Å². The first kappa shape index (κ1) is 11.9. The first-order valence-electron chi connectivity index (χ1n) is 5.56. The highest BCUT2D eigenvalue weighted by Gasteiger charge is 2.24. The molecule has 5 heteroatoms. The lowest BCUT2D eigenvalue weighted by molar-refractivity contribution is -0.210. The Morgan fingerprint density at radius 1 is 1.41 bits per heavy atom. The molecule has 1 saturated heterocycles. The van der Waals surface area contributed by atoms with E-state index in [4.69, 9.17) is 9.78 Å². The van der Waals surface area contributed by atoms with Gasteiger partial charge in [0.2, 0.25) is 0 Å². The average Bonchev–Trinajstić information content (AvgIpc) is 2.77. The lowest BCUT2D eigenvalue weighted by Gasteiger charge is -2.14. The van der Waals surface area contributed by atoms with Crippen molar-refractivity contribution in [3.05, 3.63) is 30.3 Å². The molecule has 1 aromatic carbocycles. The number of nitrogens with zero attached hydrogens (tertiary/aromatic N) is 1. The number of aliphatic hydroxyl groups excluding tert-OH is 1. The first-order valence-corrected chi connectivity index (χ1v) is 5.56. The molecular formula is C12H15NO4. The second-order valence-corrected chi connectivity index (χ2v) is 3.94. The maximum atomic E-state index is 11.6. The molecule has 1 aromatic rings. The Balaban J connectivity index is 1.70. The third-order valence-corrected chi connectivity index (χ3v) is 2.60. The van der Waals surface area contributed by atoms with Gasteiger partial charge < -0.3 is 14.9 Å². The lowest BCUT2D eigenvalue weighted by Crippen LogP contribution is -2.33. The summed E-state index contributed by atoms with van der Waals surface area (Å²) < 4.78 is 0. The molecule has 1 fully saturated rings. The minimum atomic E-state index is -0.408. The summed E-state index contributed by atoms with van der Waals surface area (Å²) in [7, 11) is 0. The predicted octanol–water partition coefficient (Wildman–Crippen LogP) is 0.590. The van der Waals surface area contributed by atoms with Crippen LogP contribution in [0.1, 0.15) is 6.42 Å². The molecule has 0 saturated carbocycles. The highest BCUT2D eigenvalue weighted by molar-refractivity contribution is 5.77. The van der Waals surface area contributed by atoms with Crippen LogP contribution in [0, 0.1) is 0 Å². The molecule has 0 radical (unpaired) electrons. The molecular weight excluding hydrogens is 222 g/mol. The molecule has 1 atom stereocenters. The van der Waals surface area contributed by atoms with Crippen molar-refractivity contribution in [2.45, 2.75) is 12.5 Å². The van der Waals surface area contributed by atoms with Crippen LogP contribution in [0.4, 0.5) is 0 Å². The molecule has 17 heavy (non-hydrogen) atoms. The standard InChI is InChI=1S/C12H15NO4/c14-10-6-7-13(8-10)12(15)9-16-17-11-4-2-1-3-5-11/h1-5,10,14H,6-9H2. The Hall–Kier alpha value is -1.59. The number of likely N-dealkylation sites (tertiary alicyclic amines) is 1. The molecule has 1 aliphatic heterocycles. The summed E-state index contributed by atoms with van der Waals surface area (Å²) in [6, 6.07) is 8.98. The number of hydrogen-bond acceptors (Lipinski definition) is 4. The molecule has 1 amide bonds. The molecule has 1 aliphatic rings. The Labute approximate surface area is 99.5 Å². The number of hydrogen-bond donors (Lipinski definition) is 1. The van der Waals surface area contributed by atoms with E-state index < -0.39 is 6.10 Å². The molecule has 92 valence electrons. The van der Waals surface area contributed by atoms with E-state index in [1.807, 2.05) is 18.2 Å². The molecule has 1 unspecified atom stereocenters. The van der Waals surface area contributed by atoms with Crippen molar-refractivity contribution in [2.24, 2.45) is 0 Å². The monoisotopic (exact) mass is 237 g/mol. The second-order valence-electron chi connectivity index (χ2n) is 3.94. The Bertz CT molecular complexity index is 368. The van der Waals surface area contributed by atoms with Gasteiger partial charge in [0, 0.05) is 13.1 Å². The zero-order chi connectivity index (χ0) is 12.1. The minimum Gasteiger partial charge on any atom is -0.391 e. The van der Waals surface area contributed by atoms with Crippen molar-refractivity contribution in [1.29, 1.82) is 0 Å². The van der Waals surface area contributed by atoms with Gasteiger partial charge in [0.15, 0.2) is 12.4 Å². The molecule has 1 heterocycles. The van der Waals surface area contributed by atoms with E-state index >= 15 is 0 Å². The summed E-state index contributed by atoms with van der Waals surface area (Å²) in [5, 5.41) is 9.29. The number of aliphatic hydroxyl groups is 1. The summed E-state index contributed by atoms with van der Waals surface area (Å²) in [4.78, 5) is 23.0. The van der Waals surface area contributed by atoms with Gasteiger partial charge in [-0.05, 0) is 18.6 Å². The van der Waals surface area contributed by atoms with Crippen LogP contribution in [0.15, 0.2) is 30.3 Å². The summed E-state index contributed by atoms with van der Waals surface area (Å²) in [6.07, 6.45) is 0.222. The third kappa shape index (κ3) is 3.44. The van der Waals surface area contributed by atoms with Crippen molar-refractivity contribution < 1.29 is 19.7 Å². The molecule has 1 N–H and O–H groups in total. The second kappa shape index (κ2) is 5.65. The lowest BCUT2D eigenvalue weighted by atomic mass is 10.3. The van der Waals surface area contributed by atoms with Crippen LogP contribution in [-0.2, 0) is 9.68 Å². The zero-order valence-electron chi connectivity index (χ0n) is 9.41. The first-order chi connectivity index (χ1) is 8.25. The fourth-order valence-corrected chi connectivity index (χ4v) is 1.68. The van der Waals surface area contributed by atoms with E-state index in [1.165, 1.54) is 0 Å². The topological polar surface area (TPSA) is 59.0 Å². The number of benzene rings is 1. The largest absolute Gasteiger partial charge is 0.391 e. The molecule has 0 bridgehead atoms. The molecule has 5 nitrogen and oxygen atoms in total. The summed E-state index contributed by atoms with van der Waals surface area (Å²) in [6.45, 7) is 0.823. The van der Waals surface area contributed by atoms with E-state index in [1.54, 1.807) is 17.0 Å². The van der Waals surface area contributed by atoms with Crippen LogP contribution in [0.3, 0.4) is 0 Å². The predicted molar refractivity (Wildman–Crippen MR) is 60.2 cm³/mol. The van der Waals surface area contributed by atoms with Crippen LogP contribution in [0.2, 0.25) is 0 Å². The van der Waals surface area contributed by atoms with E-state index in [0.717, 1.165) is 0 Å². The van der Waals surface area contributed by atoms with Crippen LogP contribution in [0.25, 0.3) is 0 Å². The van der Waals surface area contributed by atoms with Gasteiger partial charge in [0.05, 0.1) is 6.10 Å². The number of rotatable bonds is 4.